The molecule has 1 unspecified atom stereocenters. The molecule has 1 saturated heterocycles. The summed E-state index contributed by atoms with van der Waals surface area (Å²) in [5.74, 6) is -0.265. The summed E-state index contributed by atoms with van der Waals surface area (Å²) in [7, 11) is 0. The molecule has 5 nitrogen and oxygen atoms in total. The molecule has 29 heavy (non-hydrogen) atoms. The molecule has 5 heteroatoms. The molecule has 1 aliphatic heterocycles. The molecule has 2 amide bonds. The van der Waals surface area contributed by atoms with Crippen molar-refractivity contribution in [1.82, 2.24) is 4.90 Å². The van der Waals surface area contributed by atoms with Gasteiger partial charge in [-0.3, -0.25) is 9.59 Å². The second-order valence-corrected chi connectivity index (χ2v) is 8.34. The maximum Gasteiger partial charge on any atom is 0.251 e. The lowest BCUT2D eigenvalue weighted by Crippen LogP contribution is -2.62. The normalized spacial score (nSPS) is 22.2. The minimum atomic E-state index is -1.16. The van der Waals surface area contributed by atoms with Crippen LogP contribution >= 0.6 is 0 Å². The van der Waals surface area contributed by atoms with E-state index >= 15 is 0 Å². The highest BCUT2D eigenvalue weighted by molar-refractivity contribution is 5.86. The summed E-state index contributed by atoms with van der Waals surface area (Å²) in [5, 5.41) is 0. The van der Waals surface area contributed by atoms with Crippen LogP contribution in [-0.2, 0) is 20.7 Å². The monoisotopic (exact) mass is 392 g/mol. The second-order valence-electron chi connectivity index (χ2n) is 8.34. The Kier molecular flexibility index (Phi) is 5.41. The van der Waals surface area contributed by atoms with Gasteiger partial charge in [-0.2, -0.15) is 0 Å². The average molecular weight is 392 g/mol. The molecule has 0 radical (unpaired) electrons. The third kappa shape index (κ3) is 4.06. The standard InChI is InChI=1S/C24H28N2O3/c1-17-4-2-7-21(14-17)19-10-8-18(9-11-19)15-24(23(25)28)16-26(12-13-29-24)22(27)20-5-3-6-20/h2,4,7-11,14,20H,3,5-6,12-13,15-16H2,1H3,(H2,25,28). The smallest absolute Gasteiger partial charge is 0.251 e. The van der Waals surface area contributed by atoms with Gasteiger partial charge >= 0.3 is 0 Å². The zero-order valence-electron chi connectivity index (χ0n) is 16.9. The van der Waals surface area contributed by atoms with Gasteiger partial charge < -0.3 is 15.4 Å². The van der Waals surface area contributed by atoms with Crippen LogP contribution in [0.25, 0.3) is 11.1 Å². The van der Waals surface area contributed by atoms with Crippen molar-refractivity contribution in [2.75, 3.05) is 19.7 Å². The molecule has 2 aliphatic rings. The fraction of sp³-hybridized carbons (Fsp3) is 0.417. The van der Waals surface area contributed by atoms with Crippen LogP contribution in [-0.4, -0.2) is 42.0 Å². The van der Waals surface area contributed by atoms with Gasteiger partial charge in [0.15, 0.2) is 5.60 Å². The average Bonchev–Trinajstić information content (AvgIpc) is 2.67. The second kappa shape index (κ2) is 7.99. The van der Waals surface area contributed by atoms with Crippen molar-refractivity contribution in [3.05, 3.63) is 59.7 Å². The van der Waals surface area contributed by atoms with Gasteiger partial charge in [-0.25, -0.2) is 0 Å². The van der Waals surface area contributed by atoms with Crippen LogP contribution in [0.15, 0.2) is 48.5 Å². The molecule has 2 aromatic rings. The Hall–Kier alpha value is -2.66. The van der Waals surface area contributed by atoms with E-state index in [4.69, 9.17) is 10.5 Å². The van der Waals surface area contributed by atoms with Crippen molar-refractivity contribution in [2.24, 2.45) is 11.7 Å². The van der Waals surface area contributed by atoms with E-state index in [0.717, 1.165) is 36.0 Å². The highest BCUT2D eigenvalue weighted by Gasteiger charge is 2.45. The van der Waals surface area contributed by atoms with E-state index in [9.17, 15) is 9.59 Å². The van der Waals surface area contributed by atoms with Crippen molar-refractivity contribution in [2.45, 2.75) is 38.2 Å². The molecule has 0 bridgehead atoms. The maximum absolute atomic E-state index is 12.7. The van der Waals surface area contributed by atoms with Crippen LogP contribution in [0.5, 0.6) is 0 Å². The van der Waals surface area contributed by atoms with Gasteiger partial charge in [-0.05, 0) is 36.5 Å². The van der Waals surface area contributed by atoms with E-state index in [0.29, 0.717) is 19.6 Å². The first-order valence-corrected chi connectivity index (χ1v) is 10.4. The maximum atomic E-state index is 12.7. The molecule has 1 heterocycles. The summed E-state index contributed by atoms with van der Waals surface area (Å²) >= 11 is 0. The number of rotatable bonds is 5. The summed E-state index contributed by atoms with van der Waals surface area (Å²) in [6.07, 6.45) is 3.36. The number of benzene rings is 2. The number of hydrogen-bond donors (Lipinski definition) is 1. The van der Waals surface area contributed by atoms with Crippen LogP contribution in [0, 0.1) is 12.8 Å². The minimum absolute atomic E-state index is 0.104. The molecule has 1 aliphatic carbocycles. The molecule has 1 saturated carbocycles. The molecular formula is C24H28N2O3. The first kappa shape index (κ1) is 19.6. The third-order valence-electron chi connectivity index (χ3n) is 6.20. The van der Waals surface area contributed by atoms with E-state index < -0.39 is 11.5 Å². The number of ether oxygens (including phenoxy) is 1. The van der Waals surface area contributed by atoms with Crippen LogP contribution in [0.3, 0.4) is 0 Å². The fourth-order valence-electron chi connectivity index (χ4n) is 4.20. The van der Waals surface area contributed by atoms with Gasteiger partial charge in [0.05, 0.1) is 13.2 Å². The highest BCUT2D eigenvalue weighted by atomic mass is 16.5. The molecule has 0 spiro atoms. The molecule has 1 atom stereocenters. The number of hydrogen-bond acceptors (Lipinski definition) is 3. The first-order chi connectivity index (χ1) is 14.0. The highest BCUT2D eigenvalue weighted by Crippen LogP contribution is 2.31. The van der Waals surface area contributed by atoms with Gasteiger partial charge in [-0.15, -0.1) is 0 Å². The summed E-state index contributed by atoms with van der Waals surface area (Å²) in [4.78, 5) is 26.9. The van der Waals surface area contributed by atoms with Crippen LogP contribution in [0.1, 0.15) is 30.4 Å². The number of nitrogens with zero attached hydrogens (tertiary/aromatic N) is 1. The largest absolute Gasteiger partial charge is 0.367 e. The predicted octanol–water partition coefficient (Wildman–Crippen LogP) is 3.09. The van der Waals surface area contributed by atoms with Crippen molar-refractivity contribution < 1.29 is 14.3 Å². The third-order valence-corrected chi connectivity index (χ3v) is 6.20. The van der Waals surface area contributed by atoms with Crippen LogP contribution in [0.2, 0.25) is 0 Å². The number of carbonyl (C=O) groups excluding carboxylic acids is 2. The Balaban J connectivity index is 1.52. The zero-order valence-corrected chi connectivity index (χ0v) is 16.9. The minimum Gasteiger partial charge on any atom is -0.367 e. The van der Waals surface area contributed by atoms with E-state index in [1.165, 1.54) is 5.56 Å². The van der Waals surface area contributed by atoms with Crippen molar-refractivity contribution in [3.63, 3.8) is 0 Å². The summed E-state index contributed by atoms with van der Waals surface area (Å²) in [6, 6.07) is 16.5. The number of carbonyl (C=O) groups is 2. The van der Waals surface area contributed by atoms with Crippen molar-refractivity contribution in [3.8, 4) is 11.1 Å². The Morgan fingerprint density at radius 3 is 2.52 bits per heavy atom. The van der Waals surface area contributed by atoms with Crippen LogP contribution in [0.4, 0.5) is 0 Å². The Morgan fingerprint density at radius 2 is 1.90 bits per heavy atom. The van der Waals surface area contributed by atoms with Crippen molar-refractivity contribution >= 4 is 11.8 Å². The number of aryl methyl sites for hydroxylation is 1. The fourth-order valence-corrected chi connectivity index (χ4v) is 4.20. The number of morpholine rings is 1. The van der Waals surface area contributed by atoms with E-state index in [-0.39, 0.29) is 18.4 Å². The number of nitrogens with two attached hydrogens (primary N) is 1. The molecule has 4 rings (SSSR count). The summed E-state index contributed by atoms with van der Waals surface area (Å²) in [6.45, 7) is 3.17. The number of amides is 2. The zero-order chi connectivity index (χ0) is 20.4. The molecule has 2 aromatic carbocycles. The molecule has 0 aromatic heterocycles. The first-order valence-electron chi connectivity index (χ1n) is 10.4. The van der Waals surface area contributed by atoms with E-state index in [2.05, 4.69) is 37.3 Å². The van der Waals surface area contributed by atoms with Crippen molar-refractivity contribution in [1.29, 1.82) is 0 Å². The lowest BCUT2D eigenvalue weighted by Gasteiger charge is -2.42. The quantitative estimate of drug-likeness (QED) is 0.850. The van der Waals surface area contributed by atoms with E-state index in [1.54, 1.807) is 4.90 Å². The van der Waals surface area contributed by atoms with Gasteiger partial charge in [0.1, 0.15) is 0 Å². The Labute approximate surface area is 171 Å². The topological polar surface area (TPSA) is 72.6 Å². The predicted molar refractivity (Wildman–Crippen MR) is 112 cm³/mol. The van der Waals surface area contributed by atoms with Crippen LogP contribution < -0.4 is 5.73 Å². The summed E-state index contributed by atoms with van der Waals surface area (Å²) < 4.78 is 5.90. The molecule has 152 valence electrons. The number of primary amides is 1. The van der Waals surface area contributed by atoms with E-state index in [1.807, 2.05) is 18.2 Å². The summed E-state index contributed by atoms with van der Waals surface area (Å²) in [5.41, 5.74) is 9.07. The lowest BCUT2D eigenvalue weighted by atomic mass is 9.83. The van der Waals surface area contributed by atoms with Gasteiger partial charge in [-0.1, -0.05) is 60.5 Å². The lowest BCUT2D eigenvalue weighted by molar-refractivity contribution is -0.166. The van der Waals surface area contributed by atoms with Gasteiger partial charge in [0.2, 0.25) is 5.91 Å². The Morgan fingerprint density at radius 1 is 1.14 bits per heavy atom. The molecule has 2 fully saturated rings. The Bertz CT molecular complexity index is 905. The van der Waals surface area contributed by atoms with Gasteiger partial charge in [0.25, 0.3) is 5.91 Å². The molecule has 2 N–H and O–H groups in total. The molecular weight excluding hydrogens is 364 g/mol. The SMILES string of the molecule is Cc1cccc(-c2ccc(CC3(C(N)=O)CN(C(=O)C4CCC4)CCO3)cc2)c1. The van der Waals surface area contributed by atoms with Gasteiger partial charge in [0, 0.05) is 18.9 Å².